The molecule has 2 atom stereocenters. The largest absolute Gasteiger partial charge is 0.477 e. The molecule has 2 aromatic rings. The lowest BCUT2D eigenvalue weighted by molar-refractivity contribution is 0.222. The predicted molar refractivity (Wildman–Crippen MR) is 156 cm³/mol. The molecule has 36 heavy (non-hydrogen) atoms. The van der Waals surface area contributed by atoms with Gasteiger partial charge in [-0.25, -0.2) is 9.98 Å². The van der Waals surface area contributed by atoms with E-state index in [9.17, 15) is 0 Å². The molecule has 2 aliphatic heterocycles. The van der Waals surface area contributed by atoms with E-state index in [-0.39, 0.29) is 0 Å². The minimum atomic E-state index is 0.537. The molecule has 0 saturated carbocycles. The minimum Gasteiger partial charge on any atom is -0.477 e. The van der Waals surface area contributed by atoms with E-state index < -0.39 is 0 Å². The molecule has 0 saturated heterocycles. The number of nitrogens with zero attached hydrogens (tertiary/aromatic N) is 2. The van der Waals surface area contributed by atoms with Gasteiger partial charge in [-0.1, -0.05) is 78.4 Å². The lowest BCUT2D eigenvalue weighted by atomic mass is 10.00. The van der Waals surface area contributed by atoms with Gasteiger partial charge in [-0.05, 0) is 47.6 Å². The summed E-state index contributed by atoms with van der Waals surface area (Å²) >= 11 is 3.40. The molecule has 2 aliphatic rings. The Hall–Kier alpha value is -2.18. The first-order valence-electron chi connectivity index (χ1n) is 13.7. The zero-order valence-corrected chi connectivity index (χ0v) is 23.9. The number of thiophene rings is 2. The number of unbranched alkanes of at least 4 members (excludes halogenated alkanes) is 2. The van der Waals surface area contributed by atoms with Crippen LogP contribution in [0.15, 0.2) is 56.2 Å². The highest BCUT2D eigenvalue weighted by molar-refractivity contribution is 7.11. The molecule has 0 amide bonds. The number of fused-ring (bicyclic) bond motifs is 1. The molecule has 0 aromatic carbocycles. The van der Waals surface area contributed by atoms with E-state index in [0.29, 0.717) is 36.8 Å². The van der Waals surface area contributed by atoms with Crippen molar-refractivity contribution in [3.63, 3.8) is 0 Å². The number of ether oxygens (including phenoxy) is 2. The topological polar surface area (TPSA) is 43.2 Å². The van der Waals surface area contributed by atoms with Crippen LogP contribution >= 0.6 is 22.7 Å². The van der Waals surface area contributed by atoms with Crippen LogP contribution in [0.5, 0.6) is 0 Å². The molecule has 0 N–H and O–H groups in total. The number of aliphatic imine (C=N–C) groups is 2. The van der Waals surface area contributed by atoms with Gasteiger partial charge in [0.2, 0.25) is 11.8 Å². The van der Waals surface area contributed by atoms with Gasteiger partial charge < -0.3 is 9.47 Å². The van der Waals surface area contributed by atoms with Gasteiger partial charge in [0.1, 0.15) is 0 Å². The van der Waals surface area contributed by atoms with Crippen LogP contribution in [0.2, 0.25) is 0 Å². The molecule has 2 unspecified atom stereocenters. The third-order valence-electron chi connectivity index (χ3n) is 7.09. The zero-order chi connectivity index (χ0) is 25.3. The molecule has 0 spiro atoms. The summed E-state index contributed by atoms with van der Waals surface area (Å²) in [4.78, 5) is 12.4. The summed E-state index contributed by atoms with van der Waals surface area (Å²) in [6.45, 7) is 10.4. The van der Waals surface area contributed by atoms with Gasteiger partial charge in [0.15, 0.2) is 0 Å². The van der Waals surface area contributed by atoms with Crippen LogP contribution in [0.1, 0.15) is 88.8 Å². The Labute approximate surface area is 224 Å². The van der Waals surface area contributed by atoms with E-state index in [1.165, 1.54) is 38.5 Å². The first-order chi connectivity index (χ1) is 17.7. The van der Waals surface area contributed by atoms with E-state index in [1.807, 2.05) is 0 Å². The monoisotopic (exact) mass is 524 g/mol. The van der Waals surface area contributed by atoms with Gasteiger partial charge in [0.25, 0.3) is 0 Å². The second-order valence-corrected chi connectivity index (χ2v) is 11.6. The van der Waals surface area contributed by atoms with Crippen LogP contribution in [-0.2, 0) is 9.47 Å². The molecule has 0 fully saturated rings. The number of hydrogen-bond donors (Lipinski definition) is 0. The van der Waals surface area contributed by atoms with Crippen molar-refractivity contribution in [1.29, 1.82) is 0 Å². The summed E-state index contributed by atoms with van der Waals surface area (Å²) in [6, 6.07) is 8.41. The van der Waals surface area contributed by atoms with E-state index in [2.05, 4.69) is 62.7 Å². The SMILES string of the molecule is CCCCC(CC)COC1=NC(c2cccs2)=C2C(OCC(CC)CCCC)=NC(c3cccs3)=C12. The lowest BCUT2D eigenvalue weighted by Gasteiger charge is -2.17. The Balaban J connectivity index is 1.65. The average Bonchev–Trinajstić information content (AvgIpc) is 3.70. The van der Waals surface area contributed by atoms with Crippen LogP contribution in [0, 0.1) is 11.8 Å². The number of rotatable bonds is 14. The molecular weight excluding hydrogens is 484 g/mol. The first kappa shape index (κ1) is 26.9. The Morgan fingerprint density at radius 2 is 1.14 bits per heavy atom. The van der Waals surface area contributed by atoms with Crippen molar-refractivity contribution in [2.75, 3.05) is 13.2 Å². The summed E-state index contributed by atoms with van der Waals surface area (Å²) < 4.78 is 13.0. The second-order valence-electron chi connectivity index (χ2n) is 9.69. The van der Waals surface area contributed by atoms with Crippen LogP contribution in [0.4, 0.5) is 0 Å². The third-order valence-corrected chi connectivity index (χ3v) is 8.84. The Morgan fingerprint density at radius 1 is 0.694 bits per heavy atom. The van der Waals surface area contributed by atoms with Crippen LogP contribution < -0.4 is 0 Å². The summed E-state index contributed by atoms with van der Waals surface area (Å²) in [5.41, 5.74) is 3.87. The van der Waals surface area contributed by atoms with Crippen molar-refractivity contribution in [3.8, 4) is 0 Å². The molecule has 4 heterocycles. The molecule has 0 bridgehead atoms. The fourth-order valence-corrected chi connectivity index (χ4v) is 6.10. The molecule has 4 nitrogen and oxygen atoms in total. The van der Waals surface area contributed by atoms with Gasteiger partial charge in [0, 0.05) is 0 Å². The highest BCUT2D eigenvalue weighted by atomic mass is 32.1. The first-order valence-corrected chi connectivity index (χ1v) is 15.5. The molecular formula is C30H40N2O2S2. The number of hydrogen-bond acceptors (Lipinski definition) is 6. The van der Waals surface area contributed by atoms with Crippen molar-refractivity contribution in [2.24, 2.45) is 21.8 Å². The van der Waals surface area contributed by atoms with E-state index >= 15 is 0 Å². The van der Waals surface area contributed by atoms with Crippen LogP contribution in [-0.4, -0.2) is 25.0 Å². The second kappa shape index (κ2) is 13.4. The smallest absolute Gasteiger partial charge is 0.224 e. The normalized spacial score (nSPS) is 16.8. The van der Waals surface area contributed by atoms with E-state index in [0.717, 1.165) is 45.1 Å². The molecule has 2 aromatic heterocycles. The lowest BCUT2D eigenvalue weighted by Crippen LogP contribution is -2.17. The van der Waals surface area contributed by atoms with Crippen molar-refractivity contribution in [1.82, 2.24) is 0 Å². The zero-order valence-electron chi connectivity index (χ0n) is 22.2. The minimum absolute atomic E-state index is 0.537. The summed E-state index contributed by atoms with van der Waals surface area (Å²) in [6.07, 6.45) is 9.51. The molecule has 0 radical (unpaired) electrons. The maximum absolute atomic E-state index is 6.50. The van der Waals surface area contributed by atoms with E-state index in [1.54, 1.807) is 22.7 Å². The maximum atomic E-state index is 6.50. The standard InChI is InChI=1S/C30H40N2O2S2/c1-5-9-13-21(7-3)19-33-29-25-26(28(31-29)24-16-12-18-36-24)30(32-27(25)23-15-11-17-35-23)34-20-22(8-4)14-10-6-2/h11-12,15-18,21-22H,5-10,13-14,19-20H2,1-4H3. The average molecular weight is 525 g/mol. The van der Waals surface area contributed by atoms with Crippen LogP contribution in [0.25, 0.3) is 11.4 Å². The Morgan fingerprint density at radius 3 is 1.47 bits per heavy atom. The van der Waals surface area contributed by atoms with Crippen molar-refractivity contribution < 1.29 is 9.47 Å². The molecule has 194 valence electrons. The third kappa shape index (κ3) is 6.20. The quantitative estimate of drug-likeness (QED) is 0.247. The van der Waals surface area contributed by atoms with Gasteiger partial charge >= 0.3 is 0 Å². The van der Waals surface area contributed by atoms with E-state index in [4.69, 9.17) is 19.5 Å². The molecule has 0 aliphatic carbocycles. The predicted octanol–water partition coefficient (Wildman–Crippen LogP) is 9.22. The van der Waals surface area contributed by atoms with Crippen molar-refractivity contribution in [2.45, 2.75) is 79.1 Å². The van der Waals surface area contributed by atoms with Crippen molar-refractivity contribution >= 4 is 45.9 Å². The Bertz CT molecular complexity index is 1010. The summed E-state index contributed by atoms with van der Waals surface area (Å²) in [5.74, 6) is 2.48. The fraction of sp³-hybridized carbons (Fsp3) is 0.533. The summed E-state index contributed by atoms with van der Waals surface area (Å²) in [7, 11) is 0. The fourth-order valence-electron chi connectivity index (χ4n) is 4.66. The summed E-state index contributed by atoms with van der Waals surface area (Å²) in [5, 5.41) is 4.20. The molecule has 4 rings (SSSR count). The Kier molecular flexibility index (Phi) is 9.99. The molecule has 6 heteroatoms. The van der Waals surface area contributed by atoms with Crippen LogP contribution in [0.3, 0.4) is 0 Å². The van der Waals surface area contributed by atoms with Gasteiger partial charge in [0.05, 0.1) is 45.5 Å². The van der Waals surface area contributed by atoms with Gasteiger partial charge in [-0.15, -0.1) is 22.7 Å². The highest BCUT2D eigenvalue weighted by Crippen LogP contribution is 2.45. The maximum Gasteiger partial charge on any atom is 0.224 e. The van der Waals surface area contributed by atoms with Crippen molar-refractivity contribution in [3.05, 3.63) is 55.9 Å². The van der Waals surface area contributed by atoms with Gasteiger partial charge in [-0.3, -0.25) is 0 Å². The van der Waals surface area contributed by atoms with Gasteiger partial charge in [-0.2, -0.15) is 0 Å². The highest BCUT2D eigenvalue weighted by Gasteiger charge is 2.39.